The molecule has 0 radical (unpaired) electrons. The second-order valence-electron chi connectivity index (χ2n) is 5.98. The largest absolute Gasteiger partial charge is 0.389 e. The number of ether oxygens (including phenoxy) is 3. The topological polar surface area (TPSA) is 60.0 Å². The van der Waals surface area contributed by atoms with Crippen LogP contribution in [0.15, 0.2) is 0 Å². The fraction of sp³-hybridized carbons (Fsp3) is 1.00. The summed E-state index contributed by atoms with van der Waals surface area (Å²) >= 11 is 0. The lowest BCUT2D eigenvalue weighted by Crippen LogP contribution is -2.33. The Bertz CT molecular complexity index is 232. The summed E-state index contributed by atoms with van der Waals surface area (Å²) in [7, 11) is 0. The Labute approximate surface area is 129 Å². The van der Waals surface area contributed by atoms with Crippen molar-refractivity contribution in [1.29, 1.82) is 0 Å². The molecular weight excluding hydrogens is 270 g/mol. The first-order chi connectivity index (χ1) is 10.2. The van der Waals surface area contributed by atoms with Crippen molar-refractivity contribution in [3.05, 3.63) is 0 Å². The summed E-state index contributed by atoms with van der Waals surface area (Å²) in [5, 5.41) is 12.9. The SMILES string of the molecule is CC(C)OCCOCC(O)CNCCOC1CCCCC1. The van der Waals surface area contributed by atoms with E-state index in [2.05, 4.69) is 5.32 Å². The first-order valence-electron chi connectivity index (χ1n) is 8.38. The van der Waals surface area contributed by atoms with E-state index in [-0.39, 0.29) is 6.10 Å². The van der Waals surface area contributed by atoms with E-state index in [1.807, 2.05) is 13.8 Å². The predicted octanol–water partition coefficient (Wildman–Crippen LogP) is 1.73. The van der Waals surface area contributed by atoms with E-state index >= 15 is 0 Å². The molecule has 1 aliphatic carbocycles. The molecule has 0 saturated heterocycles. The Balaban J connectivity index is 1.83. The molecule has 0 bridgehead atoms. The van der Waals surface area contributed by atoms with Crippen LogP contribution in [0.5, 0.6) is 0 Å². The zero-order chi connectivity index (χ0) is 15.3. The molecule has 1 fully saturated rings. The average Bonchev–Trinajstić information content (AvgIpc) is 2.47. The van der Waals surface area contributed by atoms with Crippen LogP contribution in [0.2, 0.25) is 0 Å². The van der Waals surface area contributed by atoms with Crippen LogP contribution in [0, 0.1) is 0 Å². The third kappa shape index (κ3) is 11.1. The van der Waals surface area contributed by atoms with Gasteiger partial charge in [0.15, 0.2) is 0 Å². The van der Waals surface area contributed by atoms with Crippen molar-refractivity contribution in [2.24, 2.45) is 0 Å². The lowest BCUT2D eigenvalue weighted by Gasteiger charge is -2.22. The highest BCUT2D eigenvalue weighted by atomic mass is 16.5. The zero-order valence-electron chi connectivity index (χ0n) is 13.7. The van der Waals surface area contributed by atoms with Gasteiger partial charge in [-0.25, -0.2) is 0 Å². The van der Waals surface area contributed by atoms with Gasteiger partial charge in [0, 0.05) is 13.1 Å². The summed E-state index contributed by atoms with van der Waals surface area (Å²) in [6.45, 7) is 7.48. The number of hydrogen-bond donors (Lipinski definition) is 2. The van der Waals surface area contributed by atoms with Crippen LogP contribution in [0.1, 0.15) is 46.0 Å². The van der Waals surface area contributed by atoms with Crippen molar-refractivity contribution >= 4 is 0 Å². The standard InChI is InChI=1S/C16H33NO4/c1-14(2)20-11-10-19-13-15(18)12-17-8-9-21-16-6-4-3-5-7-16/h14-18H,3-13H2,1-2H3. The van der Waals surface area contributed by atoms with E-state index in [1.165, 1.54) is 32.1 Å². The van der Waals surface area contributed by atoms with Gasteiger partial charge in [-0.1, -0.05) is 19.3 Å². The smallest absolute Gasteiger partial charge is 0.0897 e. The van der Waals surface area contributed by atoms with Crippen LogP contribution in [-0.4, -0.2) is 62.9 Å². The molecule has 1 atom stereocenters. The Morgan fingerprint density at radius 3 is 2.57 bits per heavy atom. The van der Waals surface area contributed by atoms with Gasteiger partial charge >= 0.3 is 0 Å². The molecule has 1 unspecified atom stereocenters. The van der Waals surface area contributed by atoms with Gasteiger partial charge in [0.05, 0.1) is 44.7 Å². The molecular formula is C16H33NO4. The van der Waals surface area contributed by atoms with E-state index < -0.39 is 6.10 Å². The van der Waals surface area contributed by atoms with Crippen molar-refractivity contribution in [1.82, 2.24) is 5.32 Å². The molecule has 1 saturated carbocycles. The maximum atomic E-state index is 9.74. The fourth-order valence-electron chi connectivity index (χ4n) is 2.42. The predicted molar refractivity (Wildman–Crippen MR) is 83.6 cm³/mol. The van der Waals surface area contributed by atoms with Crippen LogP contribution in [0.3, 0.4) is 0 Å². The lowest BCUT2D eigenvalue weighted by molar-refractivity contribution is -0.0111. The van der Waals surface area contributed by atoms with Crippen LogP contribution in [0.4, 0.5) is 0 Å². The lowest BCUT2D eigenvalue weighted by atomic mass is 9.98. The van der Waals surface area contributed by atoms with Crippen molar-refractivity contribution < 1.29 is 19.3 Å². The Morgan fingerprint density at radius 2 is 1.86 bits per heavy atom. The summed E-state index contributed by atoms with van der Waals surface area (Å²) in [5.41, 5.74) is 0. The third-order valence-corrected chi connectivity index (χ3v) is 3.55. The Morgan fingerprint density at radius 1 is 1.10 bits per heavy atom. The second kappa shape index (κ2) is 12.4. The van der Waals surface area contributed by atoms with E-state index in [0.717, 1.165) is 13.2 Å². The highest BCUT2D eigenvalue weighted by Crippen LogP contribution is 2.19. The van der Waals surface area contributed by atoms with E-state index in [4.69, 9.17) is 14.2 Å². The van der Waals surface area contributed by atoms with Crippen LogP contribution in [0.25, 0.3) is 0 Å². The molecule has 0 spiro atoms. The van der Waals surface area contributed by atoms with E-state index in [1.54, 1.807) is 0 Å². The normalized spacial score (nSPS) is 18.3. The third-order valence-electron chi connectivity index (χ3n) is 3.55. The molecule has 5 nitrogen and oxygen atoms in total. The molecule has 0 amide bonds. The minimum atomic E-state index is -0.473. The molecule has 0 aliphatic heterocycles. The van der Waals surface area contributed by atoms with Crippen LogP contribution in [-0.2, 0) is 14.2 Å². The summed E-state index contributed by atoms with van der Waals surface area (Å²) in [5.74, 6) is 0. The van der Waals surface area contributed by atoms with E-state index in [9.17, 15) is 5.11 Å². The van der Waals surface area contributed by atoms with Crippen molar-refractivity contribution in [2.75, 3.05) is 39.5 Å². The minimum absolute atomic E-state index is 0.226. The highest BCUT2D eigenvalue weighted by Gasteiger charge is 2.13. The molecule has 0 aromatic heterocycles. The molecule has 0 aromatic carbocycles. The number of aliphatic hydroxyl groups is 1. The van der Waals surface area contributed by atoms with Crippen molar-refractivity contribution in [3.8, 4) is 0 Å². The number of rotatable bonds is 12. The highest BCUT2D eigenvalue weighted by molar-refractivity contribution is 4.65. The van der Waals surface area contributed by atoms with E-state index in [0.29, 0.717) is 32.5 Å². The molecule has 126 valence electrons. The van der Waals surface area contributed by atoms with Crippen LogP contribution < -0.4 is 5.32 Å². The quantitative estimate of drug-likeness (QED) is 0.538. The van der Waals surface area contributed by atoms with Gasteiger partial charge < -0.3 is 24.6 Å². The molecule has 21 heavy (non-hydrogen) atoms. The molecule has 0 aromatic rings. The van der Waals surface area contributed by atoms with Crippen molar-refractivity contribution in [2.45, 2.75) is 64.3 Å². The molecule has 5 heteroatoms. The Hall–Kier alpha value is -0.200. The van der Waals surface area contributed by atoms with Crippen molar-refractivity contribution in [3.63, 3.8) is 0 Å². The monoisotopic (exact) mass is 303 g/mol. The van der Waals surface area contributed by atoms with Gasteiger partial charge in [-0.15, -0.1) is 0 Å². The van der Waals surface area contributed by atoms with Gasteiger partial charge in [0.25, 0.3) is 0 Å². The van der Waals surface area contributed by atoms with Gasteiger partial charge in [0.2, 0.25) is 0 Å². The summed E-state index contributed by atoms with van der Waals surface area (Å²) in [4.78, 5) is 0. The molecule has 2 N–H and O–H groups in total. The zero-order valence-corrected chi connectivity index (χ0v) is 13.7. The fourth-order valence-corrected chi connectivity index (χ4v) is 2.42. The maximum absolute atomic E-state index is 9.74. The minimum Gasteiger partial charge on any atom is -0.389 e. The first kappa shape index (κ1) is 18.8. The molecule has 1 rings (SSSR count). The van der Waals surface area contributed by atoms with Crippen LogP contribution >= 0.6 is 0 Å². The van der Waals surface area contributed by atoms with Gasteiger partial charge in [-0.05, 0) is 26.7 Å². The Kier molecular flexibility index (Phi) is 11.1. The number of nitrogens with one attached hydrogen (secondary N) is 1. The maximum Gasteiger partial charge on any atom is 0.0897 e. The summed E-state index contributed by atoms with van der Waals surface area (Å²) < 4.78 is 16.5. The second-order valence-corrected chi connectivity index (χ2v) is 5.98. The number of aliphatic hydroxyl groups excluding tert-OH is 1. The number of hydrogen-bond acceptors (Lipinski definition) is 5. The van der Waals surface area contributed by atoms with Gasteiger partial charge in [0.1, 0.15) is 0 Å². The van der Waals surface area contributed by atoms with Gasteiger partial charge in [-0.2, -0.15) is 0 Å². The van der Waals surface area contributed by atoms with Gasteiger partial charge in [-0.3, -0.25) is 0 Å². The molecule has 0 heterocycles. The molecule has 1 aliphatic rings. The summed E-state index contributed by atoms with van der Waals surface area (Å²) in [6, 6.07) is 0. The average molecular weight is 303 g/mol. The first-order valence-corrected chi connectivity index (χ1v) is 8.38. The summed E-state index contributed by atoms with van der Waals surface area (Å²) in [6.07, 6.45) is 6.57.